The molecule has 0 saturated carbocycles. The van der Waals surface area contributed by atoms with Crippen molar-refractivity contribution in [3.8, 4) is 11.5 Å². The Labute approximate surface area is 159 Å². The molecule has 27 heavy (non-hydrogen) atoms. The summed E-state index contributed by atoms with van der Waals surface area (Å²) in [6.45, 7) is 3.34. The lowest BCUT2D eigenvalue weighted by Crippen LogP contribution is -2.37. The van der Waals surface area contributed by atoms with Gasteiger partial charge in [-0.25, -0.2) is 4.39 Å². The van der Waals surface area contributed by atoms with Gasteiger partial charge in [0.25, 0.3) is 0 Å². The predicted octanol–water partition coefficient (Wildman–Crippen LogP) is 3.07. The third-order valence-electron chi connectivity index (χ3n) is 4.59. The molecule has 3 rings (SSSR count). The summed E-state index contributed by atoms with van der Waals surface area (Å²) in [5.41, 5.74) is 3.28. The maximum Gasteiger partial charge on any atom is 0.191 e. The van der Waals surface area contributed by atoms with Crippen LogP contribution in [0.5, 0.6) is 11.5 Å². The Bertz CT molecular complexity index is 806. The van der Waals surface area contributed by atoms with Gasteiger partial charge in [-0.2, -0.15) is 0 Å². The maximum atomic E-state index is 13.0. The molecule has 144 valence electrons. The van der Waals surface area contributed by atoms with E-state index < -0.39 is 0 Å². The number of nitrogens with one attached hydrogen (secondary N) is 2. The molecule has 1 heterocycles. The summed E-state index contributed by atoms with van der Waals surface area (Å²) in [4.78, 5) is 4.25. The van der Waals surface area contributed by atoms with Crippen molar-refractivity contribution in [1.29, 1.82) is 0 Å². The number of nitrogens with zero attached hydrogens (tertiary/aromatic N) is 1. The number of aliphatic imine (C=N–C) groups is 1. The summed E-state index contributed by atoms with van der Waals surface area (Å²) in [6, 6.07) is 10.6. The van der Waals surface area contributed by atoms with Crippen molar-refractivity contribution in [2.24, 2.45) is 4.99 Å². The molecule has 1 unspecified atom stereocenters. The Hall–Kier alpha value is -2.76. The molecule has 0 saturated heterocycles. The summed E-state index contributed by atoms with van der Waals surface area (Å²) in [7, 11) is 3.41. The van der Waals surface area contributed by atoms with Crippen LogP contribution in [0, 0.1) is 5.82 Å². The highest BCUT2D eigenvalue weighted by atomic mass is 19.1. The molecule has 0 amide bonds. The minimum atomic E-state index is -0.217. The average molecular weight is 371 g/mol. The fourth-order valence-corrected chi connectivity index (χ4v) is 3.19. The first-order valence-electron chi connectivity index (χ1n) is 9.14. The second-order valence-corrected chi connectivity index (χ2v) is 6.63. The highest BCUT2D eigenvalue weighted by Crippen LogP contribution is 2.34. The van der Waals surface area contributed by atoms with Gasteiger partial charge in [0.15, 0.2) is 5.96 Å². The monoisotopic (exact) mass is 371 g/mol. The van der Waals surface area contributed by atoms with Crippen molar-refractivity contribution < 1.29 is 13.9 Å². The van der Waals surface area contributed by atoms with Crippen LogP contribution in [-0.4, -0.2) is 32.8 Å². The molecule has 2 aromatic rings. The van der Waals surface area contributed by atoms with Gasteiger partial charge in [-0.15, -0.1) is 0 Å². The lowest BCUT2D eigenvalue weighted by Gasteiger charge is -2.15. The van der Waals surface area contributed by atoms with Crippen LogP contribution in [0.4, 0.5) is 4.39 Å². The minimum absolute atomic E-state index is 0.203. The van der Waals surface area contributed by atoms with Gasteiger partial charge in [0, 0.05) is 37.7 Å². The zero-order valence-electron chi connectivity index (χ0n) is 16.0. The van der Waals surface area contributed by atoms with E-state index in [0.717, 1.165) is 35.5 Å². The molecule has 2 aromatic carbocycles. The van der Waals surface area contributed by atoms with E-state index in [1.54, 1.807) is 26.3 Å². The van der Waals surface area contributed by atoms with Crippen molar-refractivity contribution in [2.75, 3.05) is 20.7 Å². The highest BCUT2D eigenvalue weighted by molar-refractivity contribution is 5.79. The minimum Gasteiger partial charge on any atom is -0.496 e. The first-order chi connectivity index (χ1) is 13.1. The van der Waals surface area contributed by atoms with E-state index in [-0.39, 0.29) is 11.9 Å². The average Bonchev–Trinajstić information content (AvgIpc) is 3.04. The van der Waals surface area contributed by atoms with Crippen molar-refractivity contribution in [3.05, 3.63) is 58.9 Å². The summed E-state index contributed by atoms with van der Waals surface area (Å²) in [6.07, 6.45) is 1.90. The Morgan fingerprint density at radius 1 is 1.26 bits per heavy atom. The van der Waals surface area contributed by atoms with Crippen LogP contribution in [0.25, 0.3) is 0 Å². The van der Waals surface area contributed by atoms with Gasteiger partial charge in [0.1, 0.15) is 23.4 Å². The van der Waals surface area contributed by atoms with Crippen molar-refractivity contribution in [1.82, 2.24) is 10.6 Å². The molecule has 0 aromatic heterocycles. The lowest BCUT2D eigenvalue weighted by molar-refractivity contribution is 0.254. The van der Waals surface area contributed by atoms with Crippen LogP contribution >= 0.6 is 0 Å². The molecule has 0 spiro atoms. The highest BCUT2D eigenvalue weighted by Gasteiger charge is 2.21. The number of halogens is 1. The van der Waals surface area contributed by atoms with Gasteiger partial charge in [-0.3, -0.25) is 4.99 Å². The van der Waals surface area contributed by atoms with Crippen LogP contribution in [0.3, 0.4) is 0 Å². The van der Waals surface area contributed by atoms with E-state index in [1.807, 2.05) is 6.07 Å². The third kappa shape index (κ3) is 4.90. The largest absolute Gasteiger partial charge is 0.496 e. The molecule has 5 nitrogen and oxygen atoms in total. The van der Waals surface area contributed by atoms with Crippen molar-refractivity contribution in [2.45, 2.75) is 32.4 Å². The molecule has 0 radical (unpaired) electrons. The number of methoxy groups -OCH3 is 1. The predicted molar refractivity (Wildman–Crippen MR) is 105 cm³/mol. The van der Waals surface area contributed by atoms with Crippen LogP contribution < -0.4 is 20.1 Å². The Morgan fingerprint density at radius 3 is 2.74 bits per heavy atom. The molecule has 0 bridgehead atoms. The van der Waals surface area contributed by atoms with Gasteiger partial charge in [0.2, 0.25) is 0 Å². The molecule has 2 N–H and O–H groups in total. The quantitative estimate of drug-likeness (QED) is 0.605. The van der Waals surface area contributed by atoms with Gasteiger partial charge >= 0.3 is 0 Å². The standard InChI is InChI=1S/C21H26FN3O2/c1-14-10-16-11-19(26-3)17(12-20(16)27-14)13-25-21(23-2)24-9-8-15-4-6-18(22)7-5-15/h4-7,11-12,14H,8-10,13H2,1-3H3,(H2,23,24,25). The fourth-order valence-electron chi connectivity index (χ4n) is 3.19. The Balaban J connectivity index is 1.55. The Morgan fingerprint density at radius 2 is 2.04 bits per heavy atom. The van der Waals surface area contributed by atoms with E-state index in [9.17, 15) is 4.39 Å². The first-order valence-corrected chi connectivity index (χ1v) is 9.14. The van der Waals surface area contributed by atoms with E-state index in [0.29, 0.717) is 19.0 Å². The molecule has 1 atom stereocenters. The number of hydrogen-bond donors (Lipinski definition) is 2. The van der Waals surface area contributed by atoms with E-state index >= 15 is 0 Å². The van der Waals surface area contributed by atoms with Crippen molar-refractivity contribution >= 4 is 5.96 Å². The second-order valence-electron chi connectivity index (χ2n) is 6.63. The zero-order valence-corrected chi connectivity index (χ0v) is 16.0. The van der Waals surface area contributed by atoms with Gasteiger partial charge in [0.05, 0.1) is 7.11 Å². The number of benzene rings is 2. The van der Waals surface area contributed by atoms with E-state index in [4.69, 9.17) is 9.47 Å². The summed E-state index contributed by atoms with van der Waals surface area (Å²) in [5.74, 6) is 2.26. The molecule has 0 fully saturated rings. The number of hydrogen-bond acceptors (Lipinski definition) is 3. The maximum absolute atomic E-state index is 13.0. The smallest absolute Gasteiger partial charge is 0.191 e. The Kier molecular flexibility index (Phi) is 6.16. The number of fused-ring (bicyclic) bond motifs is 1. The summed E-state index contributed by atoms with van der Waals surface area (Å²) in [5, 5.41) is 6.57. The molecular weight excluding hydrogens is 345 g/mol. The summed E-state index contributed by atoms with van der Waals surface area (Å²) >= 11 is 0. The van der Waals surface area contributed by atoms with Gasteiger partial charge in [-0.1, -0.05) is 12.1 Å². The molecule has 6 heteroatoms. The first kappa shape index (κ1) is 19.0. The normalized spacial score (nSPS) is 15.9. The van der Waals surface area contributed by atoms with Crippen LogP contribution in [0.2, 0.25) is 0 Å². The third-order valence-corrected chi connectivity index (χ3v) is 4.59. The van der Waals surface area contributed by atoms with Gasteiger partial charge < -0.3 is 20.1 Å². The molecular formula is C21H26FN3O2. The molecule has 1 aliphatic heterocycles. The zero-order chi connectivity index (χ0) is 19.2. The van der Waals surface area contributed by atoms with Crippen LogP contribution in [0.15, 0.2) is 41.4 Å². The van der Waals surface area contributed by atoms with Crippen LogP contribution in [0.1, 0.15) is 23.6 Å². The van der Waals surface area contributed by atoms with E-state index in [1.165, 1.54) is 17.7 Å². The topological polar surface area (TPSA) is 54.9 Å². The van der Waals surface area contributed by atoms with Gasteiger partial charge in [-0.05, 0) is 43.2 Å². The number of ether oxygens (including phenoxy) is 2. The van der Waals surface area contributed by atoms with Crippen molar-refractivity contribution in [3.63, 3.8) is 0 Å². The fraction of sp³-hybridized carbons (Fsp3) is 0.381. The number of guanidine groups is 1. The lowest BCUT2D eigenvalue weighted by atomic mass is 10.1. The number of rotatable bonds is 6. The molecule has 1 aliphatic rings. The molecule has 0 aliphatic carbocycles. The summed E-state index contributed by atoms with van der Waals surface area (Å²) < 4.78 is 24.3. The van der Waals surface area contributed by atoms with E-state index in [2.05, 4.69) is 28.6 Å². The SMILES string of the molecule is CN=C(NCCc1ccc(F)cc1)NCc1cc2c(cc1OC)CC(C)O2. The second kappa shape index (κ2) is 8.75. The van der Waals surface area contributed by atoms with Crippen LogP contribution in [-0.2, 0) is 19.4 Å².